The van der Waals surface area contributed by atoms with Gasteiger partial charge in [0.05, 0.1) is 22.9 Å². The molecule has 6 nitrogen and oxygen atoms in total. The van der Waals surface area contributed by atoms with Crippen molar-refractivity contribution >= 4 is 27.2 Å². The van der Waals surface area contributed by atoms with Crippen molar-refractivity contribution in [3.05, 3.63) is 101 Å². The van der Waals surface area contributed by atoms with Crippen molar-refractivity contribution in [3.63, 3.8) is 0 Å². The number of sulfonamides is 1. The lowest BCUT2D eigenvalue weighted by molar-refractivity contribution is 0.103. The normalized spacial score (nSPS) is 14.6. The van der Waals surface area contributed by atoms with Crippen LogP contribution in [0.5, 0.6) is 5.75 Å². The number of hydrogen-bond donors (Lipinski definition) is 1. The van der Waals surface area contributed by atoms with Crippen LogP contribution in [0.15, 0.2) is 87.8 Å². The third-order valence-corrected chi connectivity index (χ3v) is 6.70. The van der Waals surface area contributed by atoms with Gasteiger partial charge in [0.25, 0.3) is 10.0 Å². The maximum absolute atomic E-state index is 13.2. The van der Waals surface area contributed by atoms with Gasteiger partial charge in [0.15, 0.2) is 0 Å². The van der Waals surface area contributed by atoms with Crippen LogP contribution in [0.2, 0.25) is 0 Å². The SMILES string of the molecule is CCOc1ccc(NC2=C/C(=N\S(=O)(=O)c3ccc(C)cc3C)c3ccccc3C2=O)cc1. The molecular formula is C26H24N2O4S. The van der Waals surface area contributed by atoms with Crippen molar-refractivity contribution in [2.75, 3.05) is 11.9 Å². The van der Waals surface area contributed by atoms with Gasteiger partial charge in [-0.25, -0.2) is 0 Å². The molecule has 0 bridgehead atoms. The van der Waals surface area contributed by atoms with E-state index in [2.05, 4.69) is 9.71 Å². The monoisotopic (exact) mass is 460 g/mol. The third kappa shape index (κ3) is 4.73. The fourth-order valence-corrected chi connectivity index (χ4v) is 4.94. The Morgan fingerprint density at radius 3 is 2.30 bits per heavy atom. The van der Waals surface area contributed by atoms with Crippen LogP contribution in [-0.4, -0.2) is 26.5 Å². The summed E-state index contributed by atoms with van der Waals surface area (Å²) >= 11 is 0. The first-order valence-corrected chi connectivity index (χ1v) is 12.0. The fourth-order valence-electron chi connectivity index (χ4n) is 3.72. The lowest BCUT2D eigenvalue weighted by Gasteiger charge is -2.19. The number of Topliss-reactive ketones (excluding diaryl/α,β-unsaturated/α-hetero) is 1. The number of aryl methyl sites for hydroxylation is 2. The second kappa shape index (κ2) is 9.03. The Labute approximate surface area is 193 Å². The minimum absolute atomic E-state index is 0.143. The van der Waals surface area contributed by atoms with Crippen LogP contribution < -0.4 is 10.1 Å². The molecule has 1 N–H and O–H groups in total. The Morgan fingerprint density at radius 1 is 0.939 bits per heavy atom. The summed E-state index contributed by atoms with van der Waals surface area (Å²) in [6.45, 7) is 6.11. The van der Waals surface area contributed by atoms with E-state index < -0.39 is 10.0 Å². The second-order valence-electron chi connectivity index (χ2n) is 7.74. The Bertz CT molecular complexity index is 1390. The van der Waals surface area contributed by atoms with Crippen molar-refractivity contribution in [2.24, 2.45) is 4.40 Å². The first-order valence-electron chi connectivity index (χ1n) is 10.6. The molecule has 0 fully saturated rings. The predicted molar refractivity (Wildman–Crippen MR) is 130 cm³/mol. The van der Waals surface area contributed by atoms with Gasteiger partial charge in [-0.3, -0.25) is 4.79 Å². The van der Waals surface area contributed by atoms with E-state index in [1.165, 1.54) is 6.08 Å². The van der Waals surface area contributed by atoms with Crippen LogP contribution >= 0.6 is 0 Å². The summed E-state index contributed by atoms with van der Waals surface area (Å²) in [7, 11) is -3.99. The molecule has 0 radical (unpaired) electrons. The van der Waals surface area contributed by atoms with Gasteiger partial charge in [0.2, 0.25) is 5.78 Å². The summed E-state index contributed by atoms with van der Waals surface area (Å²) in [6.07, 6.45) is 1.49. The molecule has 168 valence electrons. The number of ketones is 1. The molecule has 1 aliphatic carbocycles. The van der Waals surface area contributed by atoms with Crippen LogP contribution in [0.1, 0.15) is 34.0 Å². The van der Waals surface area contributed by atoms with E-state index in [0.29, 0.717) is 29.0 Å². The molecule has 0 spiro atoms. The topological polar surface area (TPSA) is 84.8 Å². The number of anilines is 1. The minimum atomic E-state index is -3.99. The molecule has 0 saturated carbocycles. The first kappa shape index (κ1) is 22.5. The molecule has 3 aromatic carbocycles. The Hall–Kier alpha value is -3.71. The molecule has 0 atom stereocenters. The highest BCUT2D eigenvalue weighted by molar-refractivity contribution is 7.90. The molecule has 4 rings (SSSR count). The summed E-state index contributed by atoms with van der Waals surface area (Å²) in [4.78, 5) is 13.2. The zero-order valence-electron chi connectivity index (χ0n) is 18.6. The molecule has 0 aromatic heterocycles. The highest BCUT2D eigenvalue weighted by Gasteiger charge is 2.26. The zero-order valence-corrected chi connectivity index (χ0v) is 19.4. The van der Waals surface area contributed by atoms with E-state index in [1.54, 1.807) is 73.7 Å². The molecule has 1 aliphatic rings. The highest BCUT2D eigenvalue weighted by atomic mass is 32.2. The van der Waals surface area contributed by atoms with Gasteiger partial charge in [0.1, 0.15) is 5.75 Å². The van der Waals surface area contributed by atoms with Crippen molar-refractivity contribution < 1.29 is 17.9 Å². The first-order chi connectivity index (χ1) is 15.8. The largest absolute Gasteiger partial charge is 0.494 e. The molecular weight excluding hydrogens is 436 g/mol. The maximum atomic E-state index is 13.2. The van der Waals surface area contributed by atoms with Crippen LogP contribution in [-0.2, 0) is 10.0 Å². The molecule has 7 heteroatoms. The predicted octanol–water partition coefficient (Wildman–Crippen LogP) is 5.07. The fraction of sp³-hybridized carbons (Fsp3) is 0.154. The number of nitrogens with zero attached hydrogens (tertiary/aromatic N) is 1. The molecule has 0 heterocycles. The van der Waals surface area contributed by atoms with Crippen LogP contribution in [0, 0.1) is 13.8 Å². The van der Waals surface area contributed by atoms with Gasteiger partial charge >= 0.3 is 0 Å². The third-order valence-electron chi connectivity index (χ3n) is 5.24. The minimum Gasteiger partial charge on any atom is -0.494 e. The van der Waals surface area contributed by atoms with E-state index in [4.69, 9.17) is 4.74 Å². The van der Waals surface area contributed by atoms with Crippen LogP contribution in [0.3, 0.4) is 0 Å². The summed E-state index contributed by atoms with van der Waals surface area (Å²) < 4.78 is 35.9. The number of allylic oxidation sites excluding steroid dienone is 2. The van der Waals surface area contributed by atoms with E-state index >= 15 is 0 Å². The van der Waals surface area contributed by atoms with Gasteiger partial charge in [-0.15, -0.1) is 0 Å². The molecule has 0 amide bonds. The number of carbonyl (C=O) groups excluding carboxylic acids is 1. The van der Waals surface area contributed by atoms with Gasteiger partial charge in [-0.05, 0) is 62.7 Å². The summed E-state index contributed by atoms with van der Waals surface area (Å²) in [5, 5.41) is 3.10. The lowest BCUT2D eigenvalue weighted by atomic mass is 9.92. The Morgan fingerprint density at radius 2 is 1.64 bits per heavy atom. The number of ether oxygens (including phenoxy) is 1. The van der Waals surface area contributed by atoms with Gasteiger partial charge < -0.3 is 10.1 Å². The average Bonchev–Trinajstić information content (AvgIpc) is 2.78. The summed E-state index contributed by atoms with van der Waals surface area (Å²) in [6, 6.07) is 19.2. The Balaban J connectivity index is 1.76. The van der Waals surface area contributed by atoms with Crippen molar-refractivity contribution in [1.29, 1.82) is 0 Å². The Kier molecular flexibility index (Phi) is 6.16. The van der Waals surface area contributed by atoms with Crippen molar-refractivity contribution in [1.82, 2.24) is 0 Å². The number of hydrogen-bond acceptors (Lipinski definition) is 5. The van der Waals surface area contributed by atoms with E-state index in [9.17, 15) is 13.2 Å². The van der Waals surface area contributed by atoms with Gasteiger partial charge in [-0.1, -0.05) is 42.0 Å². The van der Waals surface area contributed by atoms with Gasteiger partial charge in [-0.2, -0.15) is 12.8 Å². The van der Waals surface area contributed by atoms with Crippen molar-refractivity contribution in [3.8, 4) is 5.75 Å². The molecule has 3 aromatic rings. The van der Waals surface area contributed by atoms with Gasteiger partial charge in [0, 0.05) is 16.8 Å². The van der Waals surface area contributed by atoms with E-state index in [1.807, 2.05) is 13.8 Å². The van der Waals surface area contributed by atoms with E-state index in [0.717, 1.165) is 11.3 Å². The quantitative estimate of drug-likeness (QED) is 0.555. The number of nitrogens with one attached hydrogen (secondary N) is 1. The highest BCUT2D eigenvalue weighted by Crippen LogP contribution is 2.27. The summed E-state index contributed by atoms with van der Waals surface area (Å²) in [5.41, 5.74) is 3.59. The maximum Gasteiger partial charge on any atom is 0.283 e. The number of benzene rings is 3. The van der Waals surface area contributed by atoms with Crippen molar-refractivity contribution in [2.45, 2.75) is 25.7 Å². The lowest BCUT2D eigenvalue weighted by Crippen LogP contribution is -2.22. The number of fused-ring (bicyclic) bond motifs is 1. The smallest absolute Gasteiger partial charge is 0.283 e. The number of carbonyl (C=O) groups is 1. The average molecular weight is 461 g/mol. The van der Waals surface area contributed by atoms with Crippen LogP contribution in [0.4, 0.5) is 5.69 Å². The second-order valence-corrected chi connectivity index (χ2v) is 9.31. The number of rotatable bonds is 6. The molecule has 0 saturated heterocycles. The molecule has 33 heavy (non-hydrogen) atoms. The zero-order chi connectivity index (χ0) is 23.6. The molecule has 0 aliphatic heterocycles. The summed E-state index contributed by atoms with van der Waals surface area (Å²) in [5.74, 6) is 0.488. The van der Waals surface area contributed by atoms with E-state index in [-0.39, 0.29) is 22.1 Å². The molecule has 0 unspecified atom stereocenters. The standard InChI is InChI=1S/C26H24N2O4S/c1-4-32-20-12-10-19(11-13-20)27-24-16-23(21-7-5-6-8-22(21)26(24)29)28-33(30,31)25-14-9-17(2)15-18(25)3/h5-16,27H,4H2,1-3H3/b28-23+. The van der Waals surface area contributed by atoms with Crippen LogP contribution in [0.25, 0.3) is 0 Å².